The van der Waals surface area contributed by atoms with Crippen molar-refractivity contribution in [3.8, 4) is 0 Å². The largest absolute Gasteiger partial charge is 0.405 e. The Morgan fingerprint density at radius 2 is 1.48 bits per heavy atom. The standard InChI is InChI=1S/C24H35NO3Si/c1-24(2,3)29(22-10-6-4-7-11-22,23-12-8-5-9-13-23)28-20-21(26)14-15-25-16-18-27-19-17-25/h4-13,21,26H,14-20H2,1-3H3. The molecular weight excluding hydrogens is 378 g/mol. The second-order valence-electron chi connectivity index (χ2n) is 8.87. The van der Waals surface area contributed by atoms with Crippen molar-refractivity contribution in [2.24, 2.45) is 0 Å². The van der Waals surface area contributed by atoms with Crippen molar-refractivity contribution in [3.05, 3.63) is 60.7 Å². The van der Waals surface area contributed by atoms with Gasteiger partial charge in [0.15, 0.2) is 0 Å². The average molecular weight is 414 g/mol. The smallest absolute Gasteiger partial charge is 0.261 e. The van der Waals surface area contributed by atoms with E-state index >= 15 is 0 Å². The summed E-state index contributed by atoms with van der Waals surface area (Å²) in [5, 5.41) is 13.2. The molecule has 1 saturated heterocycles. The van der Waals surface area contributed by atoms with Gasteiger partial charge >= 0.3 is 0 Å². The summed E-state index contributed by atoms with van der Waals surface area (Å²) < 4.78 is 12.2. The van der Waals surface area contributed by atoms with Crippen molar-refractivity contribution in [1.29, 1.82) is 0 Å². The van der Waals surface area contributed by atoms with E-state index in [1.165, 1.54) is 10.4 Å². The first-order valence-electron chi connectivity index (χ1n) is 10.7. The highest BCUT2D eigenvalue weighted by Crippen LogP contribution is 2.36. The molecule has 158 valence electrons. The Labute approximate surface area is 176 Å². The summed E-state index contributed by atoms with van der Waals surface area (Å²) in [5.74, 6) is 0. The number of aliphatic hydroxyl groups excluding tert-OH is 1. The lowest BCUT2D eigenvalue weighted by atomic mass is 10.2. The minimum atomic E-state index is -2.57. The number of benzene rings is 2. The van der Waals surface area contributed by atoms with Gasteiger partial charge in [-0.3, -0.25) is 4.90 Å². The SMILES string of the molecule is CC(C)(C)[Si](OCC(O)CCN1CCOCC1)(c1ccccc1)c1ccccc1. The second kappa shape index (κ2) is 10.0. The van der Waals surface area contributed by atoms with Gasteiger partial charge in [-0.05, 0) is 21.8 Å². The number of nitrogens with zero attached hydrogens (tertiary/aromatic N) is 1. The number of hydrogen-bond donors (Lipinski definition) is 1. The first-order chi connectivity index (χ1) is 13.9. The number of aliphatic hydroxyl groups is 1. The van der Waals surface area contributed by atoms with Crippen LogP contribution >= 0.6 is 0 Å². The maximum Gasteiger partial charge on any atom is 0.261 e. The summed E-state index contributed by atoms with van der Waals surface area (Å²) in [6.45, 7) is 11.5. The highest BCUT2D eigenvalue weighted by molar-refractivity contribution is 6.99. The monoisotopic (exact) mass is 413 g/mol. The van der Waals surface area contributed by atoms with Crippen LogP contribution in [0.25, 0.3) is 0 Å². The Hall–Kier alpha value is -1.50. The number of morpholine rings is 1. The molecule has 1 aliphatic heterocycles. The van der Waals surface area contributed by atoms with Gasteiger partial charge in [0.1, 0.15) is 0 Å². The van der Waals surface area contributed by atoms with E-state index in [1.54, 1.807) is 0 Å². The van der Waals surface area contributed by atoms with Crippen LogP contribution in [0.4, 0.5) is 0 Å². The molecule has 4 nitrogen and oxygen atoms in total. The topological polar surface area (TPSA) is 41.9 Å². The maximum atomic E-state index is 10.7. The van der Waals surface area contributed by atoms with Crippen molar-refractivity contribution < 1.29 is 14.3 Å². The Bertz CT molecular complexity index is 687. The molecule has 2 aromatic rings. The van der Waals surface area contributed by atoms with Crippen molar-refractivity contribution in [1.82, 2.24) is 4.90 Å². The molecule has 0 bridgehead atoms. The molecule has 0 radical (unpaired) electrons. The Balaban J connectivity index is 1.80. The Morgan fingerprint density at radius 3 is 1.97 bits per heavy atom. The van der Waals surface area contributed by atoms with Crippen LogP contribution in [0.15, 0.2) is 60.7 Å². The van der Waals surface area contributed by atoms with E-state index in [-0.39, 0.29) is 5.04 Å². The lowest BCUT2D eigenvalue weighted by molar-refractivity contribution is 0.0248. The highest BCUT2D eigenvalue weighted by Gasteiger charge is 2.50. The van der Waals surface area contributed by atoms with E-state index in [1.807, 2.05) is 12.1 Å². The molecule has 0 aromatic heterocycles. The van der Waals surface area contributed by atoms with Crippen LogP contribution in [0.5, 0.6) is 0 Å². The molecule has 5 heteroatoms. The van der Waals surface area contributed by atoms with Crippen molar-refractivity contribution >= 4 is 18.7 Å². The molecule has 3 rings (SSSR count). The quantitative estimate of drug-likeness (QED) is 0.676. The van der Waals surface area contributed by atoms with E-state index in [4.69, 9.17) is 9.16 Å². The zero-order valence-electron chi connectivity index (χ0n) is 18.0. The molecule has 1 atom stereocenters. The van der Waals surface area contributed by atoms with Crippen LogP contribution in [-0.2, 0) is 9.16 Å². The van der Waals surface area contributed by atoms with Gasteiger partial charge in [-0.1, -0.05) is 81.4 Å². The van der Waals surface area contributed by atoms with E-state index in [0.29, 0.717) is 6.61 Å². The first-order valence-corrected chi connectivity index (χ1v) is 12.6. The van der Waals surface area contributed by atoms with Crippen molar-refractivity contribution in [2.75, 3.05) is 39.5 Å². The van der Waals surface area contributed by atoms with Gasteiger partial charge in [0.2, 0.25) is 0 Å². The van der Waals surface area contributed by atoms with Crippen LogP contribution in [0, 0.1) is 0 Å². The summed E-state index contributed by atoms with van der Waals surface area (Å²) in [4.78, 5) is 2.36. The number of rotatable bonds is 8. The predicted molar refractivity (Wildman–Crippen MR) is 121 cm³/mol. The van der Waals surface area contributed by atoms with Crippen LogP contribution < -0.4 is 10.4 Å². The molecule has 0 saturated carbocycles. The minimum Gasteiger partial charge on any atom is -0.405 e. The van der Waals surface area contributed by atoms with Gasteiger partial charge in [-0.2, -0.15) is 0 Å². The summed E-state index contributed by atoms with van der Waals surface area (Å²) in [7, 11) is -2.57. The summed E-state index contributed by atoms with van der Waals surface area (Å²) in [5.41, 5.74) is 0. The van der Waals surface area contributed by atoms with Crippen LogP contribution in [-0.4, -0.2) is 63.9 Å². The number of hydrogen-bond acceptors (Lipinski definition) is 4. The predicted octanol–water partition coefficient (Wildman–Crippen LogP) is 2.65. The van der Waals surface area contributed by atoms with Crippen molar-refractivity contribution in [2.45, 2.75) is 38.3 Å². The molecule has 1 unspecified atom stereocenters. The Morgan fingerprint density at radius 1 is 0.966 bits per heavy atom. The normalized spacial score (nSPS) is 17.2. The summed E-state index contributed by atoms with van der Waals surface area (Å²) in [6, 6.07) is 21.2. The zero-order valence-corrected chi connectivity index (χ0v) is 19.0. The molecule has 2 aromatic carbocycles. The molecule has 1 aliphatic rings. The van der Waals surface area contributed by atoms with Gasteiger partial charge in [0.05, 0.1) is 25.9 Å². The molecule has 0 amide bonds. The number of ether oxygens (including phenoxy) is 1. The highest BCUT2D eigenvalue weighted by atomic mass is 28.4. The van der Waals surface area contributed by atoms with E-state index in [9.17, 15) is 5.11 Å². The van der Waals surface area contributed by atoms with E-state index in [0.717, 1.165) is 39.3 Å². The summed E-state index contributed by atoms with van der Waals surface area (Å²) in [6.07, 6.45) is 0.248. The van der Waals surface area contributed by atoms with Gasteiger partial charge in [0.25, 0.3) is 8.32 Å². The third-order valence-electron chi connectivity index (χ3n) is 5.79. The van der Waals surface area contributed by atoms with E-state index in [2.05, 4.69) is 74.2 Å². The molecule has 1 N–H and O–H groups in total. The minimum absolute atomic E-state index is 0.0698. The Kier molecular flexibility index (Phi) is 7.65. The van der Waals surface area contributed by atoms with Gasteiger partial charge in [0, 0.05) is 19.6 Å². The third kappa shape index (κ3) is 5.35. The fourth-order valence-corrected chi connectivity index (χ4v) is 8.82. The van der Waals surface area contributed by atoms with Gasteiger partial charge in [-0.15, -0.1) is 0 Å². The van der Waals surface area contributed by atoms with Crippen molar-refractivity contribution in [3.63, 3.8) is 0 Å². The first kappa shape index (κ1) is 22.2. The molecule has 1 heterocycles. The fraction of sp³-hybridized carbons (Fsp3) is 0.500. The lowest BCUT2D eigenvalue weighted by Crippen LogP contribution is -2.67. The lowest BCUT2D eigenvalue weighted by Gasteiger charge is -2.43. The molecular formula is C24H35NO3Si. The third-order valence-corrected chi connectivity index (χ3v) is 10.8. The van der Waals surface area contributed by atoms with E-state index < -0.39 is 14.4 Å². The van der Waals surface area contributed by atoms with Crippen LogP contribution in [0.1, 0.15) is 27.2 Å². The fourth-order valence-electron chi connectivity index (χ4n) is 4.22. The molecule has 1 fully saturated rings. The maximum absolute atomic E-state index is 10.7. The van der Waals surface area contributed by atoms with Gasteiger partial charge in [-0.25, -0.2) is 0 Å². The summed E-state index contributed by atoms with van der Waals surface area (Å²) >= 11 is 0. The van der Waals surface area contributed by atoms with Crippen LogP contribution in [0.3, 0.4) is 0 Å². The van der Waals surface area contributed by atoms with Crippen LogP contribution in [0.2, 0.25) is 5.04 Å². The zero-order chi connectivity index (χ0) is 20.7. The molecule has 0 spiro atoms. The van der Waals surface area contributed by atoms with Gasteiger partial charge < -0.3 is 14.3 Å². The molecule has 0 aliphatic carbocycles. The average Bonchev–Trinajstić information content (AvgIpc) is 2.74. The molecule has 29 heavy (non-hydrogen) atoms. The second-order valence-corrected chi connectivity index (χ2v) is 13.2.